The number of hydrogen-bond acceptors (Lipinski definition) is 1. The first-order chi connectivity index (χ1) is 11.3. The third-order valence-electron chi connectivity index (χ3n) is 4.96. The molecule has 1 heteroatoms. The fourth-order valence-electron chi connectivity index (χ4n) is 3.50. The highest BCUT2D eigenvalue weighted by Crippen LogP contribution is 2.36. The molecule has 0 heterocycles. The van der Waals surface area contributed by atoms with Crippen molar-refractivity contribution in [2.45, 2.75) is 64.2 Å². The molecule has 2 rings (SSSR count). The molecule has 1 saturated carbocycles. The molecular formula is C22H29N. The van der Waals surface area contributed by atoms with Crippen LogP contribution in [-0.2, 0) is 6.42 Å². The van der Waals surface area contributed by atoms with E-state index in [-0.39, 0.29) is 0 Å². The fourth-order valence-corrected chi connectivity index (χ4v) is 3.50. The van der Waals surface area contributed by atoms with Gasteiger partial charge >= 0.3 is 0 Å². The molecule has 1 aliphatic rings. The zero-order chi connectivity index (χ0) is 16.3. The smallest absolute Gasteiger partial charge is 0.0912 e. The van der Waals surface area contributed by atoms with E-state index in [2.05, 4.69) is 37.3 Å². The van der Waals surface area contributed by atoms with E-state index in [1.54, 1.807) is 0 Å². The molecule has 0 spiro atoms. The highest BCUT2D eigenvalue weighted by atomic mass is 14.3. The van der Waals surface area contributed by atoms with Gasteiger partial charge in [0.25, 0.3) is 0 Å². The van der Waals surface area contributed by atoms with Crippen molar-refractivity contribution in [3.63, 3.8) is 0 Å². The van der Waals surface area contributed by atoms with Gasteiger partial charge in [-0.25, -0.2) is 0 Å². The molecule has 0 N–H and O–H groups in total. The summed E-state index contributed by atoms with van der Waals surface area (Å²) in [5.41, 5.74) is 3.01. The van der Waals surface area contributed by atoms with Gasteiger partial charge < -0.3 is 0 Å². The SMILES string of the molecule is CCCCCc1ccc([C@H]2CC[C@H](/C=C/C=C/C#N)CC2)cc1. The minimum Gasteiger partial charge on any atom is -0.193 e. The van der Waals surface area contributed by atoms with Crippen molar-refractivity contribution in [2.24, 2.45) is 5.92 Å². The number of rotatable bonds is 7. The molecule has 1 aliphatic carbocycles. The molecule has 0 aliphatic heterocycles. The molecular weight excluding hydrogens is 278 g/mol. The lowest BCUT2D eigenvalue weighted by molar-refractivity contribution is 0.376. The van der Waals surface area contributed by atoms with Gasteiger partial charge in [-0.3, -0.25) is 0 Å². The van der Waals surface area contributed by atoms with Crippen LogP contribution in [0.15, 0.2) is 48.6 Å². The van der Waals surface area contributed by atoms with Crippen LogP contribution >= 0.6 is 0 Å². The first kappa shape index (κ1) is 17.5. The first-order valence-electron chi connectivity index (χ1n) is 9.15. The number of nitriles is 1. The van der Waals surface area contributed by atoms with E-state index in [9.17, 15) is 0 Å². The topological polar surface area (TPSA) is 23.8 Å². The first-order valence-corrected chi connectivity index (χ1v) is 9.15. The van der Waals surface area contributed by atoms with E-state index in [0.29, 0.717) is 5.92 Å². The largest absolute Gasteiger partial charge is 0.193 e. The van der Waals surface area contributed by atoms with Gasteiger partial charge in [0.1, 0.15) is 0 Å². The molecule has 0 radical (unpaired) electrons. The molecule has 1 fully saturated rings. The van der Waals surface area contributed by atoms with Gasteiger partial charge in [-0.15, -0.1) is 0 Å². The summed E-state index contributed by atoms with van der Waals surface area (Å²) in [4.78, 5) is 0. The van der Waals surface area contributed by atoms with Crippen molar-refractivity contribution < 1.29 is 0 Å². The molecule has 0 unspecified atom stereocenters. The Labute approximate surface area is 141 Å². The van der Waals surface area contributed by atoms with Crippen molar-refractivity contribution in [1.29, 1.82) is 5.26 Å². The minimum atomic E-state index is 0.683. The van der Waals surface area contributed by atoms with Gasteiger partial charge in [-0.1, -0.05) is 62.3 Å². The summed E-state index contributed by atoms with van der Waals surface area (Å²) < 4.78 is 0. The summed E-state index contributed by atoms with van der Waals surface area (Å²) in [5.74, 6) is 1.42. The van der Waals surface area contributed by atoms with Gasteiger partial charge in [0.15, 0.2) is 0 Å². The van der Waals surface area contributed by atoms with E-state index in [4.69, 9.17) is 5.26 Å². The quantitative estimate of drug-likeness (QED) is 0.328. The molecule has 23 heavy (non-hydrogen) atoms. The lowest BCUT2D eigenvalue weighted by Crippen LogP contribution is -2.11. The van der Waals surface area contributed by atoms with Crippen molar-refractivity contribution in [3.05, 3.63) is 59.7 Å². The van der Waals surface area contributed by atoms with Crippen LogP contribution in [0.2, 0.25) is 0 Å². The van der Waals surface area contributed by atoms with E-state index >= 15 is 0 Å². The van der Waals surface area contributed by atoms with Crippen molar-refractivity contribution in [1.82, 2.24) is 0 Å². The molecule has 1 aromatic carbocycles. The van der Waals surface area contributed by atoms with Gasteiger partial charge in [0.2, 0.25) is 0 Å². The Morgan fingerprint density at radius 2 is 1.78 bits per heavy atom. The highest BCUT2D eigenvalue weighted by molar-refractivity contribution is 5.26. The zero-order valence-electron chi connectivity index (χ0n) is 14.4. The summed E-state index contributed by atoms with van der Waals surface area (Å²) in [6, 6.07) is 11.4. The van der Waals surface area contributed by atoms with Crippen LogP contribution in [0.4, 0.5) is 0 Å². The van der Waals surface area contributed by atoms with Crippen LogP contribution in [0.5, 0.6) is 0 Å². The fraction of sp³-hybridized carbons (Fsp3) is 0.500. The predicted molar refractivity (Wildman–Crippen MR) is 98.3 cm³/mol. The number of nitrogens with zero attached hydrogens (tertiary/aromatic N) is 1. The summed E-state index contributed by atoms with van der Waals surface area (Å²) in [6.45, 7) is 2.26. The standard InChI is InChI=1S/C22H29N/c1-2-3-5-8-19-10-14-21(15-11-19)22-16-12-20(13-17-22)9-6-4-7-18-23/h4,6-7,9-11,14-15,20,22H,2-3,5,8,12-13,16-17H2,1H3/b7-4+,9-6+/t20-,22-. The molecule has 0 bridgehead atoms. The summed E-state index contributed by atoms with van der Waals surface area (Å²) in [6.07, 6.45) is 17.9. The monoisotopic (exact) mass is 307 g/mol. The van der Waals surface area contributed by atoms with Gasteiger partial charge in [0.05, 0.1) is 6.07 Å². The Kier molecular flexibility index (Phi) is 7.67. The molecule has 1 nitrogen and oxygen atoms in total. The maximum Gasteiger partial charge on any atom is 0.0912 e. The van der Waals surface area contributed by atoms with Crippen LogP contribution in [0, 0.1) is 17.2 Å². The number of aryl methyl sites for hydroxylation is 1. The second-order valence-electron chi connectivity index (χ2n) is 6.68. The Balaban J connectivity index is 1.79. The van der Waals surface area contributed by atoms with Crippen molar-refractivity contribution in [3.8, 4) is 6.07 Å². The van der Waals surface area contributed by atoms with E-state index in [0.717, 1.165) is 5.92 Å². The number of unbranched alkanes of at least 4 members (excludes halogenated alkanes) is 2. The molecule has 0 aromatic heterocycles. The second-order valence-corrected chi connectivity index (χ2v) is 6.68. The minimum absolute atomic E-state index is 0.683. The van der Waals surface area contributed by atoms with Crippen molar-refractivity contribution in [2.75, 3.05) is 0 Å². The Morgan fingerprint density at radius 3 is 2.43 bits per heavy atom. The summed E-state index contributed by atoms with van der Waals surface area (Å²) >= 11 is 0. The van der Waals surface area contributed by atoms with E-state index < -0.39 is 0 Å². The molecule has 0 amide bonds. The number of allylic oxidation sites excluding steroid dienone is 4. The number of hydrogen-bond donors (Lipinski definition) is 0. The lowest BCUT2D eigenvalue weighted by atomic mass is 9.78. The average Bonchev–Trinajstić information content (AvgIpc) is 2.60. The summed E-state index contributed by atoms with van der Waals surface area (Å²) in [7, 11) is 0. The third-order valence-corrected chi connectivity index (χ3v) is 4.96. The lowest BCUT2D eigenvalue weighted by Gasteiger charge is -2.27. The molecule has 1 aromatic rings. The van der Waals surface area contributed by atoms with Crippen LogP contribution in [0.25, 0.3) is 0 Å². The molecule has 0 saturated heterocycles. The van der Waals surface area contributed by atoms with E-state index in [1.807, 2.05) is 18.2 Å². The predicted octanol–water partition coefficient (Wildman–Crippen LogP) is 6.33. The average molecular weight is 307 g/mol. The van der Waals surface area contributed by atoms with E-state index in [1.165, 1.54) is 68.6 Å². The third kappa shape index (κ3) is 6.06. The maximum absolute atomic E-state index is 8.47. The summed E-state index contributed by atoms with van der Waals surface area (Å²) in [5, 5.41) is 8.47. The van der Waals surface area contributed by atoms with Gasteiger partial charge in [-0.05, 0) is 61.5 Å². The Hall–Kier alpha value is -1.81. The highest BCUT2D eigenvalue weighted by Gasteiger charge is 2.20. The van der Waals surface area contributed by atoms with Crippen LogP contribution < -0.4 is 0 Å². The van der Waals surface area contributed by atoms with Gasteiger partial charge in [0, 0.05) is 6.08 Å². The van der Waals surface area contributed by atoms with Gasteiger partial charge in [-0.2, -0.15) is 5.26 Å². The second kappa shape index (κ2) is 10.1. The molecule has 122 valence electrons. The number of benzene rings is 1. The Bertz CT molecular complexity index is 536. The van der Waals surface area contributed by atoms with Crippen LogP contribution in [0.3, 0.4) is 0 Å². The van der Waals surface area contributed by atoms with Crippen LogP contribution in [0.1, 0.15) is 68.9 Å². The maximum atomic E-state index is 8.47. The van der Waals surface area contributed by atoms with Crippen LogP contribution in [-0.4, -0.2) is 0 Å². The molecule has 0 atom stereocenters. The Morgan fingerprint density at radius 1 is 1.04 bits per heavy atom. The van der Waals surface area contributed by atoms with Crippen molar-refractivity contribution >= 4 is 0 Å². The normalized spacial score (nSPS) is 21.7. The zero-order valence-corrected chi connectivity index (χ0v) is 14.4.